The number of carboxylic acids is 1. The van der Waals surface area contributed by atoms with Gasteiger partial charge < -0.3 is 15.3 Å². The van der Waals surface area contributed by atoms with Crippen LogP contribution in [0.5, 0.6) is 0 Å². The third-order valence-corrected chi connectivity index (χ3v) is 3.27. The van der Waals surface area contributed by atoms with Gasteiger partial charge in [0.25, 0.3) is 0 Å². The summed E-state index contributed by atoms with van der Waals surface area (Å²) in [7, 11) is 0. The zero-order chi connectivity index (χ0) is 12.8. The van der Waals surface area contributed by atoms with Crippen molar-refractivity contribution in [1.29, 1.82) is 0 Å². The Labute approximate surface area is 102 Å². The van der Waals surface area contributed by atoms with Gasteiger partial charge in [-0.05, 0) is 32.6 Å². The number of carbonyl (C=O) groups excluding carboxylic acids is 1. The van der Waals surface area contributed by atoms with E-state index in [0.29, 0.717) is 19.4 Å². The van der Waals surface area contributed by atoms with Crippen LogP contribution in [0.4, 0.5) is 4.79 Å². The van der Waals surface area contributed by atoms with Crippen molar-refractivity contribution in [3.8, 4) is 0 Å². The number of hydrogen-bond donors (Lipinski definition) is 2. The molecule has 5 nitrogen and oxygen atoms in total. The van der Waals surface area contributed by atoms with Crippen molar-refractivity contribution < 1.29 is 14.7 Å². The summed E-state index contributed by atoms with van der Waals surface area (Å²) < 4.78 is 0. The van der Waals surface area contributed by atoms with E-state index in [1.165, 1.54) is 0 Å². The highest BCUT2D eigenvalue weighted by Gasteiger charge is 2.31. The molecule has 0 aromatic carbocycles. The maximum absolute atomic E-state index is 11.9. The van der Waals surface area contributed by atoms with Gasteiger partial charge in [0.2, 0.25) is 0 Å². The van der Waals surface area contributed by atoms with Gasteiger partial charge in [0.1, 0.15) is 0 Å². The zero-order valence-corrected chi connectivity index (χ0v) is 10.6. The Balaban J connectivity index is 2.39. The summed E-state index contributed by atoms with van der Waals surface area (Å²) >= 11 is 0. The summed E-state index contributed by atoms with van der Waals surface area (Å²) in [4.78, 5) is 24.4. The number of nitrogens with zero attached hydrogens (tertiary/aromatic N) is 1. The van der Waals surface area contributed by atoms with E-state index in [1.807, 2.05) is 13.8 Å². The number of carboxylic acid groups (broad SMARTS) is 1. The molecule has 0 spiro atoms. The molecule has 0 saturated heterocycles. The summed E-state index contributed by atoms with van der Waals surface area (Å²) in [5.41, 5.74) is 0. The van der Waals surface area contributed by atoms with E-state index in [1.54, 1.807) is 4.90 Å². The molecule has 2 N–H and O–H groups in total. The van der Waals surface area contributed by atoms with Crippen LogP contribution in [0.3, 0.4) is 0 Å². The predicted molar refractivity (Wildman–Crippen MR) is 64.8 cm³/mol. The SMILES string of the molecule is CCCN(CC)C(=O)N[C@H]1CC[C@@H](C(=O)O)C1. The number of rotatable bonds is 5. The molecule has 0 radical (unpaired) electrons. The van der Waals surface area contributed by atoms with Crippen molar-refractivity contribution in [3.05, 3.63) is 0 Å². The van der Waals surface area contributed by atoms with Crippen LogP contribution in [0.15, 0.2) is 0 Å². The molecule has 1 aliphatic rings. The first-order valence-corrected chi connectivity index (χ1v) is 6.36. The second kappa shape index (κ2) is 6.47. The maximum atomic E-state index is 11.9. The number of urea groups is 1. The fourth-order valence-electron chi connectivity index (χ4n) is 2.28. The summed E-state index contributed by atoms with van der Waals surface area (Å²) in [5.74, 6) is -1.04. The zero-order valence-electron chi connectivity index (χ0n) is 10.6. The molecule has 2 amide bonds. The number of hydrogen-bond acceptors (Lipinski definition) is 2. The molecule has 17 heavy (non-hydrogen) atoms. The van der Waals surface area contributed by atoms with Gasteiger partial charge >= 0.3 is 12.0 Å². The van der Waals surface area contributed by atoms with Gasteiger partial charge in [0.15, 0.2) is 0 Å². The van der Waals surface area contributed by atoms with Crippen molar-refractivity contribution in [3.63, 3.8) is 0 Å². The van der Waals surface area contributed by atoms with Gasteiger partial charge in [-0.25, -0.2) is 4.79 Å². The second-order valence-electron chi connectivity index (χ2n) is 4.57. The van der Waals surface area contributed by atoms with Crippen LogP contribution >= 0.6 is 0 Å². The fourth-order valence-corrected chi connectivity index (χ4v) is 2.28. The molecule has 0 unspecified atom stereocenters. The highest BCUT2D eigenvalue weighted by Crippen LogP contribution is 2.25. The van der Waals surface area contributed by atoms with Crippen molar-refractivity contribution in [2.45, 2.75) is 45.6 Å². The number of aliphatic carboxylic acids is 1. The highest BCUT2D eigenvalue weighted by molar-refractivity contribution is 5.75. The number of amides is 2. The average molecular weight is 242 g/mol. The topological polar surface area (TPSA) is 69.6 Å². The van der Waals surface area contributed by atoms with Crippen LogP contribution in [-0.4, -0.2) is 41.1 Å². The van der Waals surface area contributed by atoms with E-state index in [4.69, 9.17) is 5.11 Å². The smallest absolute Gasteiger partial charge is 0.317 e. The molecule has 1 rings (SSSR count). The lowest BCUT2D eigenvalue weighted by Gasteiger charge is -2.23. The van der Waals surface area contributed by atoms with Gasteiger partial charge in [-0.3, -0.25) is 4.79 Å². The quantitative estimate of drug-likeness (QED) is 0.770. The third-order valence-electron chi connectivity index (χ3n) is 3.27. The maximum Gasteiger partial charge on any atom is 0.317 e. The number of nitrogens with one attached hydrogen (secondary N) is 1. The molecule has 1 fully saturated rings. The Hall–Kier alpha value is -1.26. The first-order valence-electron chi connectivity index (χ1n) is 6.36. The molecule has 5 heteroatoms. The molecule has 1 saturated carbocycles. The first-order chi connectivity index (χ1) is 8.08. The molecular formula is C12H22N2O3. The van der Waals surface area contributed by atoms with E-state index in [-0.39, 0.29) is 18.0 Å². The second-order valence-corrected chi connectivity index (χ2v) is 4.57. The van der Waals surface area contributed by atoms with Crippen molar-refractivity contribution in [1.82, 2.24) is 10.2 Å². The average Bonchev–Trinajstić information content (AvgIpc) is 2.74. The van der Waals surface area contributed by atoms with E-state index in [0.717, 1.165) is 19.4 Å². The molecule has 0 aromatic rings. The van der Waals surface area contributed by atoms with E-state index >= 15 is 0 Å². The Morgan fingerprint density at radius 1 is 1.35 bits per heavy atom. The Kier molecular flexibility index (Phi) is 5.25. The molecule has 2 atom stereocenters. The van der Waals surface area contributed by atoms with Crippen molar-refractivity contribution in [2.75, 3.05) is 13.1 Å². The van der Waals surface area contributed by atoms with Crippen LogP contribution in [0.2, 0.25) is 0 Å². The van der Waals surface area contributed by atoms with Gasteiger partial charge in [0, 0.05) is 19.1 Å². The van der Waals surface area contributed by atoms with Gasteiger partial charge in [-0.15, -0.1) is 0 Å². The monoisotopic (exact) mass is 242 g/mol. The van der Waals surface area contributed by atoms with Gasteiger partial charge in [-0.2, -0.15) is 0 Å². The third kappa shape index (κ3) is 3.91. The standard InChI is InChI=1S/C12H22N2O3/c1-3-7-14(4-2)12(17)13-10-6-5-9(8-10)11(15)16/h9-10H,3-8H2,1-2H3,(H,13,17)(H,15,16)/t9-,10+/m1/s1. The van der Waals surface area contributed by atoms with Gasteiger partial charge in [0.05, 0.1) is 5.92 Å². The fraction of sp³-hybridized carbons (Fsp3) is 0.833. The minimum Gasteiger partial charge on any atom is -0.481 e. The molecule has 0 heterocycles. The van der Waals surface area contributed by atoms with E-state index < -0.39 is 5.97 Å². The first kappa shape index (κ1) is 13.8. The summed E-state index contributed by atoms with van der Waals surface area (Å²) in [6.45, 7) is 5.42. The lowest BCUT2D eigenvalue weighted by molar-refractivity contribution is -0.141. The van der Waals surface area contributed by atoms with Crippen LogP contribution < -0.4 is 5.32 Å². The Bertz CT molecular complexity index is 281. The molecule has 0 aliphatic heterocycles. The van der Waals surface area contributed by atoms with E-state index in [9.17, 15) is 9.59 Å². The van der Waals surface area contributed by atoms with Crippen LogP contribution in [-0.2, 0) is 4.79 Å². The lowest BCUT2D eigenvalue weighted by atomic mass is 10.1. The minimum atomic E-state index is -0.748. The molecule has 1 aliphatic carbocycles. The summed E-state index contributed by atoms with van der Waals surface area (Å²) in [6, 6.07) is -0.0418. The summed E-state index contributed by atoms with van der Waals surface area (Å²) in [6.07, 6.45) is 2.93. The van der Waals surface area contributed by atoms with Crippen LogP contribution in [0.1, 0.15) is 39.5 Å². The van der Waals surface area contributed by atoms with Crippen LogP contribution in [0.25, 0.3) is 0 Å². The van der Waals surface area contributed by atoms with Gasteiger partial charge in [-0.1, -0.05) is 6.92 Å². The normalized spacial score (nSPS) is 23.4. The molecular weight excluding hydrogens is 220 g/mol. The minimum absolute atomic E-state index is 0.0227. The van der Waals surface area contributed by atoms with Crippen molar-refractivity contribution in [2.24, 2.45) is 5.92 Å². The Morgan fingerprint density at radius 2 is 2.06 bits per heavy atom. The lowest BCUT2D eigenvalue weighted by Crippen LogP contribution is -2.44. The van der Waals surface area contributed by atoms with Crippen LogP contribution in [0, 0.1) is 5.92 Å². The van der Waals surface area contributed by atoms with E-state index in [2.05, 4.69) is 5.32 Å². The highest BCUT2D eigenvalue weighted by atomic mass is 16.4. The number of carbonyl (C=O) groups is 2. The Morgan fingerprint density at radius 3 is 2.53 bits per heavy atom. The predicted octanol–water partition coefficient (Wildman–Crippen LogP) is 1.68. The van der Waals surface area contributed by atoms with Crippen molar-refractivity contribution >= 4 is 12.0 Å². The molecule has 0 aromatic heterocycles. The largest absolute Gasteiger partial charge is 0.481 e. The molecule has 0 bridgehead atoms. The summed E-state index contributed by atoms with van der Waals surface area (Å²) in [5, 5.41) is 11.8. The molecule has 98 valence electrons.